The number of likely N-dealkylation sites (tertiary alicyclic amines) is 1. The summed E-state index contributed by atoms with van der Waals surface area (Å²) < 4.78 is 0. The van der Waals surface area contributed by atoms with Crippen molar-refractivity contribution in [2.75, 3.05) is 29.9 Å². The number of carbonyl (C=O) groups excluding carboxylic acids is 2. The van der Waals surface area contributed by atoms with Crippen LogP contribution in [-0.2, 0) is 4.79 Å². The quantitative estimate of drug-likeness (QED) is 0.754. The number of rotatable bonds is 5. The molecule has 0 aromatic heterocycles. The second kappa shape index (κ2) is 9.75. The molecule has 1 fully saturated rings. The van der Waals surface area contributed by atoms with Crippen molar-refractivity contribution in [3.8, 4) is 0 Å². The number of aliphatic imine (C=N–C) groups is 1. The van der Waals surface area contributed by atoms with Gasteiger partial charge >= 0.3 is 6.03 Å². The number of piperidine rings is 1. The molecule has 2 heterocycles. The number of para-hydroxylation sites is 1. The van der Waals surface area contributed by atoms with Crippen molar-refractivity contribution in [3.63, 3.8) is 0 Å². The zero-order chi connectivity index (χ0) is 23.5. The maximum Gasteiger partial charge on any atom is 0.321 e. The molecule has 2 aromatic carbocycles. The van der Waals surface area contributed by atoms with Crippen LogP contribution in [-0.4, -0.2) is 54.9 Å². The molecule has 0 spiro atoms. The Balaban J connectivity index is 1.92. The van der Waals surface area contributed by atoms with Crippen molar-refractivity contribution in [2.24, 2.45) is 10.7 Å². The molecule has 7 nitrogen and oxygen atoms in total. The van der Waals surface area contributed by atoms with Gasteiger partial charge in [-0.2, -0.15) is 0 Å². The minimum atomic E-state index is -1.06. The largest absolute Gasteiger partial charge is 0.351 e. The van der Waals surface area contributed by atoms with Gasteiger partial charge in [-0.05, 0) is 63.5 Å². The molecule has 2 aliphatic rings. The van der Waals surface area contributed by atoms with Gasteiger partial charge in [-0.1, -0.05) is 43.7 Å². The van der Waals surface area contributed by atoms with Crippen LogP contribution < -0.4 is 15.5 Å². The van der Waals surface area contributed by atoms with Crippen molar-refractivity contribution in [1.82, 2.24) is 4.90 Å². The highest BCUT2D eigenvalue weighted by atomic mass is 16.2. The molecule has 0 radical (unpaired) electrons. The summed E-state index contributed by atoms with van der Waals surface area (Å²) in [7, 11) is 2.10. The maximum absolute atomic E-state index is 14.0. The molecule has 0 bridgehead atoms. The van der Waals surface area contributed by atoms with Crippen LogP contribution in [0.3, 0.4) is 0 Å². The molecule has 3 amide bonds. The van der Waals surface area contributed by atoms with Crippen molar-refractivity contribution in [1.29, 1.82) is 0 Å². The fraction of sp³-hybridized carbons (Fsp3) is 0.423. The van der Waals surface area contributed by atoms with Crippen LogP contribution in [0.1, 0.15) is 43.7 Å². The number of nitrogens with two attached hydrogens (primary N) is 1. The lowest BCUT2D eigenvalue weighted by molar-refractivity contribution is -0.119. The van der Waals surface area contributed by atoms with Crippen molar-refractivity contribution >= 4 is 29.0 Å². The van der Waals surface area contributed by atoms with E-state index in [-0.39, 0.29) is 11.9 Å². The molecular weight excluding hydrogens is 414 g/mol. The number of nitrogens with zero attached hydrogens (tertiary/aromatic N) is 4. The first-order valence-corrected chi connectivity index (χ1v) is 11.8. The van der Waals surface area contributed by atoms with Gasteiger partial charge in [-0.3, -0.25) is 19.6 Å². The van der Waals surface area contributed by atoms with Crippen LogP contribution in [0.25, 0.3) is 0 Å². The molecule has 7 heteroatoms. The Morgan fingerprint density at radius 2 is 1.97 bits per heavy atom. The molecule has 2 unspecified atom stereocenters. The molecule has 0 aliphatic carbocycles. The highest BCUT2D eigenvalue weighted by molar-refractivity contribution is 6.16. The third kappa shape index (κ3) is 4.50. The van der Waals surface area contributed by atoms with E-state index in [9.17, 15) is 9.59 Å². The first-order valence-electron chi connectivity index (χ1n) is 11.8. The van der Waals surface area contributed by atoms with Gasteiger partial charge in [0.2, 0.25) is 6.17 Å². The number of primary amides is 1. The topological polar surface area (TPSA) is 82.2 Å². The van der Waals surface area contributed by atoms with Crippen molar-refractivity contribution in [3.05, 3.63) is 59.7 Å². The molecule has 2 atom stereocenters. The van der Waals surface area contributed by atoms with Gasteiger partial charge in [0.05, 0.1) is 17.4 Å². The number of hydrogen-bond donors (Lipinski definition) is 1. The smallest absolute Gasteiger partial charge is 0.321 e. The third-order valence-electron chi connectivity index (χ3n) is 6.51. The van der Waals surface area contributed by atoms with Gasteiger partial charge in [-0.15, -0.1) is 0 Å². The van der Waals surface area contributed by atoms with E-state index in [0.29, 0.717) is 12.2 Å². The Bertz CT molecular complexity index is 1070. The van der Waals surface area contributed by atoms with Gasteiger partial charge in [0.15, 0.2) is 0 Å². The summed E-state index contributed by atoms with van der Waals surface area (Å²) in [5.74, 6) is -0.238. The molecule has 0 saturated carbocycles. The Labute approximate surface area is 195 Å². The molecule has 2 aromatic rings. The lowest BCUT2D eigenvalue weighted by Gasteiger charge is -2.34. The van der Waals surface area contributed by atoms with E-state index >= 15 is 0 Å². The first kappa shape index (κ1) is 23.0. The molecule has 2 aliphatic heterocycles. The van der Waals surface area contributed by atoms with E-state index in [1.807, 2.05) is 56.3 Å². The lowest BCUT2D eigenvalue weighted by atomic mass is 9.93. The summed E-state index contributed by atoms with van der Waals surface area (Å²) in [5, 5.41) is 0. The number of fused-ring (bicyclic) bond motifs is 1. The highest BCUT2D eigenvalue weighted by Gasteiger charge is 2.39. The second-order valence-electron chi connectivity index (χ2n) is 8.93. The molecule has 2 N–H and O–H groups in total. The van der Waals surface area contributed by atoms with Crippen molar-refractivity contribution in [2.45, 2.75) is 51.7 Å². The van der Waals surface area contributed by atoms with Crippen LogP contribution in [0, 0.1) is 6.92 Å². The van der Waals surface area contributed by atoms with E-state index in [0.717, 1.165) is 54.8 Å². The number of benzodiazepines with no additional fused rings is 1. The van der Waals surface area contributed by atoms with E-state index in [4.69, 9.17) is 10.7 Å². The minimum absolute atomic E-state index is 0.0732. The van der Waals surface area contributed by atoms with Gasteiger partial charge in [0, 0.05) is 17.8 Å². The number of amides is 3. The predicted molar refractivity (Wildman–Crippen MR) is 133 cm³/mol. The van der Waals surface area contributed by atoms with Gasteiger partial charge in [-0.25, -0.2) is 4.79 Å². The zero-order valence-corrected chi connectivity index (χ0v) is 19.7. The number of hydrogen-bond acceptors (Lipinski definition) is 4. The Morgan fingerprint density at radius 1 is 1.18 bits per heavy atom. The first-order chi connectivity index (χ1) is 15.9. The van der Waals surface area contributed by atoms with Crippen molar-refractivity contribution < 1.29 is 9.59 Å². The molecule has 4 rings (SSSR count). The fourth-order valence-corrected chi connectivity index (χ4v) is 4.92. The standard InChI is InChI=1S/C26H33N5O2/c1-4-15-30-21-13-6-5-12-20(21)23(22-14-7-8-16-29(22)3)28-24(25(30)32)31(26(27)33)19-11-9-10-18(2)17-19/h5-6,9-13,17,22,24H,4,7-8,14-16H2,1-3H3,(H2,27,33). The average Bonchev–Trinajstić information content (AvgIpc) is 2.91. The van der Waals surface area contributed by atoms with Crippen LogP contribution in [0.5, 0.6) is 0 Å². The maximum atomic E-state index is 14.0. The van der Waals surface area contributed by atoms with Crippen LogP contribution >= 0.6 is 0 Å². The summed E-state index contributed by atoms with van der Waals surface area (Å²) in [6.45, 7) is 5.50. The average molecular weight is 448 g/mol. The Hall–Kier alpha value is -3.19. The summed E-state index contributed by atoms with van der Waals surface area (Å²) >= 11 is 0. The Morgan fingerprint density at radius 3 is 2.67 bits per heavy atom. The van der Waals surface area contributed by atoms with E-state index < -0.39 is 12.2 Å². The van der Waals surface area contributed by atoms with E-state index in [2.05, 4.69) is 11.9 Å². The Kier molecular flexibility index (Phi) is 6.79. The van der Waals surface area contributed by atoms with Crippen LogP contribution in [0.15, 0.2) is 53.5 Å². The number of anilines is 2. The summed E-state index contributed by atoms with van der Waals surface area (Å²) in [4.78, 5) is 37.2. The summed E-state index contributed by atoms with van der Waals surface area (Å²) in [6.07, 6.45) is 2.92. The molecular formula is C26H33N5O2. The van der Waals surface area contributed by atoms with E-state index in [1.165, 1.54) is 4.90 Å². The monoisotopic (exact) mass is 447 g/mol. The number of likely N-dealkylation sites (N-methyl/N-ethyl adjacent to an activating group) is 1. The van der Waals surface area contributed by atoms with Gasteiger partial charge in [0.1, 0.15) is 0 Å². The highest BCUT2D eigenvalue weighted by Crippen LogP contribution is 2.32. The van der Waals surface area contributed by atoms with Crippen LogP contribution in [0.4, 0.5) is 16.2 Å². The number of benzene rings is 2. The number of aryl methyl sites for hydroxylation is 1. The minimum Gasteiger partial charge on any atom is -0.351 e. The predicted octanol–water partition coefficient (Wildman–Crippen LogP) is 3.94. The third-order valence-corrected chi connectivity index (χ3v) is 6.51. The molecule has 33 heavy (non-hydrogen) atoms. The van der Waals surface area contributed by atoms with Crippen LogP contribution in [0.2, 0.25) is 0 Å². The van der Waals surface area contributed by atoms with E-state index in [1.54, 1.807) is 11.0 Å². The second-order valence-corrected chi connectivity index (χ2v) is 8.93. The van der Waals surface area contributed by atoms with Gasteiger partial charge < -0.3 is 10.6 Å². The fourth-order valence-electron chi connectivity index (χ4n) is 4.92. The zero-order valence-electron chi connectivity index (χ0n) is 19.7. The normalized spacial score (nSPS) is 21.2. The number of carbonyl (C=O) groups is 2. The lowest BCUT2D eigenvalue weighted by Crippen LogP contribution is -2.52. The SMILES string of the molecule is CCCN1C(=O)C(N(C(N)=O)c2cccc(C)c2)N=C(C2CCCCN2C)c2ccccc21. The molecule has 1 saturated heterocycles. The molecule has 174 valence electrons. The number of urea groups is 1. The summed E-state index contributed by atoms with van der Waals surface area (Å²) in [5.41, 5.74) is 10.1. The summed E-state index contributed by atoms with van der Waals surface area (Å²) in [6, 6.07) is 14.8. The van der Waals surface area contributed by atoms with Gasteiger partial charge in [0.25, 0.3) is 5.91 Å².